The summed E-state index contributed by atoms with van der Waals surface area (Å²) in [6, 6.07) is 13.2. The molecule has 0 aromatic heterocycles. The van der Waals surface area contributed by atoms with Gasteiger partial charge in [0.2, 0.25) is 0 Å². The first-order valence-electron chi connectivity index (χ1n) is 10.1. The van der Waals surface area contributed by atoms with Crippen molar-refractivity contribution >= 4 is 11.6 Å². The van der Waals surface area contributed by atoms with E-state index in [0.29, 0.717) is 11.1 Å². The number of hydrogen-bond acceptors (Lipinski definition) is 5. The molecule has 1 aliphatic heterocycles. The lowest BCUT2D eigenvalue weighted by Gasteiger charge is -2.34. The summed E-state index contributed by atoms with van der Waals surface area (Å²) in [6.07, 6.45) is -0.916. The number of amides is 1. The minimum Gasteiger partial charge on any atom is -0.393 e. The summed E-state index contributed by atoms with van der Waals surface area (Å²) in [5, 5.41) is 22.1. The minimum atomic E-state index is -0.916. The quantitative estimate of drug-likeness (QED) is 0.697. The van der Waals surface area contributed by atoms with Crippen LogP contribution in [0, 0.1) is 6.92 Å². The van der Waals surface area contributed by atoms with E-state index in [4.69, 9.17) is 5.11 Å². The topological polar surface area (TPSA) is 76.0 Å². The van der Waals surface area contributed by atoms with Gasteiger partial charge in [-0.2, -0.15) is 0 Å². The summed E-state index contributed by atoms with van der Waals surface area (Å²) in [4.78, 5) is 17.6. The van der Waals surface area contributed by atoms with Crippen molar-refractivity contribution in [1.29, 1.82) is 0 Å². The zero-order chi connectivity index (χ0) is 21.0. The van der Waals surface area contributed by atoms with Gasteiger partial charge in [-0.05, 0) is 49.7 Å². The highest BCUT2D eigenvalue weighted by molar-refractivity contribution is 5.96. The number of benzene rings is 2. The van der Waals surface area contributed by atoms with Crippen molar-refractivity contribution in [3.05, 3.63) is 64.7 Å². The van der Waals surface area contributed by atoms with E-state index < -0.39 is 6.10 Å². The fourth-order valence-electron chi connectivity index (χ4n) is 3.61. The number of hydrogen-bond donors (Lipinski definition) is 3. The van der Waals surface area contributed by atoms with Crippen LogP contribution in [-0.4, -0.2) is 60.9 Å². The number of carbonyl (C=O) groups excluding carboxylic acids is 1. The Kier molecular flexibility index (Phi) is 6.90. The molecule has 0 spiro atoms. The number of rotatable bonds is 6. The van der Waals surface area contributed by atoms with Gasteiger partial charge >= 0.3 is 0 Å². The first-order chi connectivity index (χ1) is 13.9. The number of piperazine rings is 1. The Labute approximate surface area is 172 Å². The third-order valence-electron chi connectivity index (χ3n) is 5.65. The van der Waals surface area contributed by atoms with Crippen LogP contribution in [0.25, 0.3) is 0 Å². The number of nitrogens with one attached hydrogen (secondary N) is 1. The van der Waals surface area contributed by atoms with Crippen molar-refractivity contribution in [2.24, 2.45) is 0 Å². The van der Waals surface area contributed by atoms with Gasteiger partial charge in [-0.3, -0.25) is 4.79 Å². The SMILES string of the molecule is Cc1ccc(N2CCN(C)CC2)cc1C(=O)N[C@H](C)c1cccc(C(O)CO)c1. The highest BCUT2D eigenvalue weighted by atomic mass is 16.3. The number of carbonyl (C=O) groups is 1. The summed E-state index contributed by atoms with van der Waals surface area (Å²) >= 11 is 0. The number of likely N-dealkylation sites (N-methyl/N-ethyl adjacent to an activating group) is 1. The lowest BCUT2D eigenvalue weighted by atomic mass is 10.0. The second-order valence-electron chi connectivity index (χ2n) is 7.85. The molecule has 1 amide bonds. The van der Waals surface area contributed by atoms with E-state index in [0.717, 1.165) is 43.0 Å². The van der Waals surface area contributed by atoms with Crippen molar-refractivity contribution < 1.29 is 15.0 Å². The van der Waals surface area contributed by atoms with Gasteiger partial charge in [-0.1, -0.05) is 30.3 Å². The summed E-state index contributed by atoms with van der Waals surface area (Å²) in [5.74, 6) is -0.112. The second kappa shape index (κ2) is 9.39. The average Bonchev–Trinajstić information content (AvgIpc) is 2.74. The van der Waals surface area contributed by atoms with Gasteiger partial charge in [0, 0.05) is 37.4 Å². The maximum Gasteiger partial charge on any atom is 0.252 e. The van der Waals surface area contributed by atoms with Crippen LogP contribution in [0.1, 0.15) is 46.1 Å². The molecule has 0 radical (unpaired) electrons. The fraction of sp³-hybridized carbons (Fsp3) is 0.435. The van der Waals surface area contributed by atoms with Crippen LogP contribution >= 0.6 is 0 Å². The molecule has 3 rings (SSSR count). The van der Waals surface area contributed by atoms with Crippen LogP contribution in [0.15, 0.2) is 42.5 Å². The average molecular weight is 398 g/mol. The smallest absolute Gasteiger partial charge is 0.252 e. The molecule has 29 heavy (non-hydrogen) atoms. The molecule has 3 N–H and O–H groups in total. The fourth-order valence-corrected chi connectivity index (χ4v) is 3.61. The lowest BCUT2D eigenvalue weighted by molar-refractivity contribution is 0.0937. The van der Waals surface area contributed by atoms with Gasteiger partial charge < -0.3 is 25.3 Å². The molecule has 0 bridgehead atoms. The maximum absolute atomic E-state index is 13.0. The third kappa shape index (κ3) is 5.15. The summed E-state index contributed by atoms with van der Waals surface area (Å²) in [7, 11) is 2.13. The van der Waals surface area contributed by atoms with Crippen molar-refractivity contribution in [2.75, 3.05) is 44.7 Å². The van der Waals surface area contributed by atoms with Crippen LogP contribution in [0.3, 0.4) is 0 Å². The summed E-state index contributed by atoms with van der Waals surface area (Å²) in [5.41, 5.74) is 4.22. The molecule has 6 heteroatoms. The van der Waals surface area contributed by atoms with E-state index in [1.54, 1.807) is 6.07 Å². The van der Waals surface area contributed by atoms with Crippen LogP contribution in [0.4, 0.5) is 5.69 Å². The number of aryl methyl sites for hydroxylation is 1. The summed E-state index contributed by atoms with van der Waals surface area (Å²) < 4.78 is 0. The van der Waals surface area contributed by atoms with E-state index in [1.807, 2.05) is 44.2 Å². The molecule has 2 atom stereocenters. The minimum absolute atomic E-state index is 0.112. The van der Waals surface area contributed by atoms with Crippen molar-refractivity contribution in [3.8, 4) is 0 Å². The molecule has 1 aliphatic rings. The Morgan fingerprint density at radius 3 is 2.48 bits per heavy atom. The highest BCUT2D eigenvalue weighted by Crippen LogP contribution is 2.23. The van der Waals surface area contributed by atoms with Gasteiger partial charge in [-0.25, -0.2) is 0 Å². The molecular weight excluding hydrogens is 366 g/mol. The van der Waals surface area contributed by atoms with E-state index in [-0.39, 0.29) is 18.6 Å². The Morgan fingerprint density at radius 2 is 1.79 bits per heavy atom. The molecule has 1 heterocycles. The van der Waals surface area contributed by atoms with Crippen LogP contribution < -0.4 is 10.2 Å². The molecular formula is C23H31N3O3. The van der Waals surface area contributed by atoms with E-state index in [2.05, 4.69) is 28.2 Å². The van der Waals surface area contributed by atoms with Gasteiger partial charge in [0.25, 0.3) is 5.91 Å². The Hall–Kier alpha value is -2.41. The van der Waals surface area contributed by atoms with Gasteiger partial charge in [0.15, 0.2) is 0 Å². The predicted molar refractivity (Wildman–Crippen MR) is 115 cm³/mol. The third-order valence-corrected chi connectivity index (χ3v) is 5.65. The van der Waals surface area contributed by atoms with Gasteiger partial charge in [0.05, 0.1) is 12.6 Å². The zero-order valence-electron chi connectivity index (χ0n) is 17.4. The van der Waals surface area contributed by atoms with E-state index in [1.165, 1.54) is 0 Å². The molecule has 1 unspecified atom stereocenters. The standard InChI is InChI=1S/C23H31N3O3/c1-16-7-8-20(26-11-9-25(3)10-12-26)14-21(16)23(29)24-17(2)18-5-4-6-19(13-18)22(28)15-27/h4-8,13-14,17,22,27-28H,9-12,15H2,1-3H3,(H,24,29)/t17-,22?/m1/s1. The number of anilines is 1. The maximum atomic E-state index is 13.0. The predicted octanol–water partition coefficient (Wildman–Crippen LogP) is 2.26. The first-order valence-corrected chi connectivity index (χ1v) is 10.1. The zero-order valence-corrected chi connectivity index (χ0v) is 17.4. The van der Waals surface area contributed by atoms with E-state index >= 15 is 0 Å². The second-order valence-corrected chi connectivity index (χ2v) is 7.85. The van der Waals surface area contributed by atoms with Crippen LogP contribution in [0.2, 0.25) is 0 Å². The molecule has 6 nitrogen and oxygen atoms in total. The Morgan fingerprint density at radius 1 is 1.10 bits per heavy atom. The normalized spacial score (nSPS) is 17.1. The number of aliphatic hydroxyl groups excluding tert-OH is 2. The Balaban J connectivity index is 1.74. The van der Waals surface area contributed by atoms with E-state index in [9.17, 15) is 9.90 Å². The molecule has 156 valence electrons. The molecule has 1 saturated heterocycles. The first kappa shape index (κ1) is 21.3. The van der Waals surface area contributed by atoms with Crippen molar-refractivity contribution in [3.63, 3.8) is 0 Å². The van der Waals surface area contributed by atoms with Crippen molar-refractivity contribution in [1.82, 2.24) is 10.2 Å². The van der Waals surface area contributed by atoms with Gasteiger partial charge in [-0.15, -0.1) is 0 Å². The summed E-state index contributed by atoms with van der Waals surface area (Å²) in [6.45, 7) is 7.48. The molecule has 1 fully saturated rings. The number of aliphatic hydroxyl groups is 2. The molecule has 0 saturated carbocycles. The van der Waals surface area contributed by atoms with Crippen LogP contribution in [0.5, 0.6) is 0 Å². The van der Waals surface area contributed by atoms with Crippen LogP contribution in [-0.2, 0) is 0 Å². The van der Waals surface area contributed by atoms with Gasteiger partial charge in [0.1, 0.15) is 6.10 Å². The number of nitrogens with zero attached hydrogens (tertiary/aromatic N) is 2. The molecule has 0 aliphatic carbocycles. The Bertz CT molecular complexity index is 847. The highest BCUT2D eigenvalue weighted by Gasteiger charge is 2.19. The van der Waals surface area contributed by atoms with Crippen molar-refractivity contribution in [2.45, 2.75) is 26.0 Å². The molecule has 2 aromatic rings. The molecule has 2 aromatic carbocycles. The monoisotopic (exact) mass is 397 g/mol. The largest absolute Gasteiger partial charge is 0.393 e. The lowest BCUT2D eigenvalue weighted by Crippen LogP contribution is -2.44.